The van der Waals surface area contributed by atoms with E-state index in [1.807, 2.05) is 13.0 Å². The van der Waals surface area contributed by atoms with Crippen LogP contribution in [-0.4, -0.2) is 21.7 Å². The maximum atomic E-state index is 13.1. The number of carbonyl (C=O) groups is 2. The Labute approximate surface area is 178 Å². The number of nitrogens with zero attached hydrogens (tertiary/aromatic N) is 2. The van der Waals surface area contributed by atoms with Gasteiger partial charge in [-0.2, -0.15) is 0 Å². The van der Waals surface area contributed by atoms with Crippen molar-refractivity contribution in [2.75, 3.05) is 4.90 Å². The first-order chi connectivity index (χ1) is 14.9. The molecule has 1 aliphatic rings. The molecule has 1 unspecified atom stereocenters. The van der Waals surface area contributed by atoms with Crippen LogP contribution in [0.4, 0.5) is 11.4 Å². The summed E-state index contributed by atoms with van der Waals surface area (Å²) in [5, 5.41) is 22.3. The molecule has 7 heteroatoms. The molecule has 3 aromatic rings. The third-order valence-electron chi connectivity index (χ3n) is 5.17. The molecule has 1 saturated heterocycles. The summed E-state index contributed by atoms with van der Waals surface area (Å²) in [5.41, 5.74) is 1.78. The van der Waals surface area contributed by atoms with E-state index in [4.69, 9.17) is 0 Å². The minimum atomic E-state index is -1.01. The molecule has 1 N–H and O–H groups in total. The summed E-state index contributed by atoms with van der Waals surface area (Å²) < 4.78 is 0. The molecule has 0 spiro atoms. The average molecular weight is 414 g/mol. The van der Waals surface area contributed by atoms with Crippen molar-refractivity contribution < 1.29 is 19.6 Å². The number of non-ortho nitro benzene ring substituents is 1. The number of hydrogen-bond acceptors (Lipinski definition) is 5. The normalized spacial score (nSPS) is 17.7. The Balaban J connectivity index is 1.98. The molecule has 1 heterocycles. The number of ketones is 1. The van der Waals surface area contributed by atoms with Gasteiger partial charge in [0.2, 0.25) is 0 Å². The van der Waals surface area contributed by atoms with E-state index in [0.29, 0.717) is 16.8 Å². The van der Waals surface area contributed by atoms with Crippen LogP contribution in [0.1, 0.15) is 22.7 Å². The predicted molar refractivity (Wildman–Crippen MR) is 116 cm³/mol. The van der Waals surface area contributed by atoms with E-state index in [0.717, 1.165) is 5.56 Å². The quantitative estimate of drug-likeness (QED) is 0.222. The lowest BCUT2D eigenvalue weighted by Gasteiger charge is -2.25. The summed E-state index contributed by atoms with van der Waals surface area (Å²) in [7, 11) is 0. The van der Waals surface area contributed by atoms with Gasteiger partial charge in [0.1, 0.15) is 5.76 Å². The number of aliphatic hydroxyl groups is 1. The van der Waals surface area contributed by atoms with E-state index in [2.05, 4.69) is 0 Å². The smallest absolute Gasteiger partial charge is 0.300 e. The number of amides is 1. The fraction of sp³-hybridized carbons (Fsp3) is 0.0833. The van der Waals surface area contributed by atoms with Crippen LogP contribution in [0.5, 0.6) is 0 Å². The molecule has 1 atom stereocenters. The maximum absolute atomic E-state index is 13.1. The highest BCUT2D eigenvalue weighted by atomic mass is 16.6. The van der Waals surface area contributed by atoms with Crippen molar-refractivity contribution in [2.24, 2.45) is 0 Å². The van der Waals surface area contributed by atoms with E-state index < -0.39 is 22.7 Å². The lowest BCUT2D eigenvalue weighted by molar-refractivity contribution is -0.384. The second-order valence-electron chi connectivity index (χ2n) is 7.23. The van der Waals surface area contributed by atoms with E-state index in [9.17, 15) is 24.8 Å². The Hall–Kier alpha value is -4.26. The zero-order chi connectivity index (χ0) is 22.1. The van der Waals surface area contributed by atoms with Crippen molar-refractivity contribution in [3.63, 3.8) is 0 Å². The van der Waals surface area contributed by atoms with E-state index in [1.165, 1.54) is 23.1 Å². The number of Topliss-reactive ketones (excluding diaryl/α,β-unsaturated/α-hetero) is 1. The van der Waals surface area contributed by atoms with Crippen LogP contribution in [0.15, 0.2) is 84.4 Å². The molecular formula is C24H18N2O5. The van der Waals surface area contributed by atoms with Gasteiger partial charge in [0.25, 0.3) is 17.4 Å². The number of aryl methyl sites for hydroxylation is 1. The summed E-state index contributed by atoms with van der Waals surface area (Å²) in [5.74, 6) is -1.98. The third kappa shape index (κ3) is 3.57. The summed E-state index contributed by atoms with van der Waals surface area (Å²) in [6.07, 6.45) is 0. The van der Waals surface area contributed by atoms with Gasteiger partial charge >= 0.3 is 0 Å². The Bertz CT molecular complexity index is 1230. The monoisotopic (exact) mass is 414 g/mol. The lowest BCUT2D eigenvalue weighted by atomic mass is 9.94. The summed E-state index contributed by atoms with van der Waals surface area (Å²) in [4.78, 5) is 38.2. The molecular weight excluding hydrogens is 396 g/mol. The second kappa shape index (κ2) is 7.87. The molecule has 0 aromatic heterocycles. The molecule has 4 rings (SSSR count). The minimum absolute atomic E-state index is 0.113. The fourth-order valence-corrected chi connectivity index (χ4v) is 3.75. The van der Waals surface area contributed by atoms with Gasteiger partial charge in [-0.25, -0.2) is 0 Å². The van der Waals surface area contributed by atoms with Crippen molar-refractivity contribution in [3.8, 4) is 0 Å². The van der Waals surface area contributed by atoms with Crippen LogP contribution in [0.2, 0.25) is 0 Å². The second-order valence-corrected chi connectivity index (χ2v) is 7.23. The zero-order valence-corrected chi connectivity index (χ0v) is 16.6. The molecule has 1 amide bonds. The zero-order valence-electron chi connectivity index (χ0n) is 16.6. The molecule has 1 fully saturated rings. The fourth-order valence-electron chi connectivity index (χ4n) is 3.75. The van der Waals surface area contributed by atoms with Crippen LogP contribution >= 0.6 is 0 Å². The molecule has 0 aliphatic carbocycles. The van der Waals surface area contributed by atoms with Crippen molar-refractivity contribution in [2.45, 2.75) is 13.0 Å². The van der Waals surface area contributed by atoms with Gasteiger partial charge in [-0.05, 0) is 30.2 Å². The highest BCUT2D eigenvalue weighted by Gasteiger charge is 2.47. The highest BCUT2D eigenvalue weighted by Crippen LogP contribution is 2.42. The maximum Gasteiger partial charge on any atom is 0.300 e. The first-order valence-corrected chi connectivity index (χ1v) is 9.56. The average Bonchev–Trinajstić information content (AvgIpc) is 3.04. The predicted octanol–water partition coefficient (Wildman–Crippen LogP) is 4.53. The summed E-state index contributed by atoms with van der Waals surface area (Å²) in [6, 6.07) is 20.2. The van der Waals surface area contributed by atoms with Crippen LogP contribution in [0.25, 0.3) is 5.76 Å². The van der Waals surface area contributed by atoms with Crippen molar-refractivity contribution in [1.82, 2.24) is 0 Å². The molecule has 0 bridgehead atoms. The van der Waals surface area contributed by atoms with Gasteiger partial charge in [-0.15, -0.1) is 0 Å². The van der Waals surface area contributed by atoms with Crippen molar-refractivity contribution in [1.29, 1.82) is 0 Å². The van der Waals surface area contributed by atoms with Gasteiger partial charge < -0.3 is 5.11 Å². The Morgan fingerprint density at radius 3 is 2.35 bits per heavy atom. The Kier molecular flexibility index (Phi) is 5.09. The van der Waals surface area contributed by atoms with Crippen LogP contribution < -0.4 is 4.90 Å². The SMILES string of the molecule is Cc1cccc(N2C(=O)C(=O)C(=C(O)c3ccccc3)C2c2cccc([N+](=O)[O-])c2)c1. The van der Waals surface area contributed by atoms with Crippen LogP contribution in [0, 0.1) is 17.0 Å². The van der Waals surface area contributed by atoms with Crippen LogP contribution in [-0.2, 0) is 9.59 Å². The first kappa shape index (κ1) is 20.0. The standard InChI is InChI=1S/C24H18N2O5/c1-15-7-5-11-18(13-15)25-21(17-10-6-12-19(14-17)26(30)31)20(23(28)24(25)29)22(27)16-8-3-2-4-9-16/h2-14,21,27H,1H3. The highest BCUT2D eigenvalue weighted by molar-refractivity contribution is 6.51. The number of carbonyl (C=O) groups excluding carboxylic acids is 2. The molecule has 0 radical (unpaired) electrons. The van der Waals surface area contributed by atoms with Crippen LogP contribution in [0.3, 0.4) is 0 Å². The van der Waals surface area contributed by atoms with Gasteiger partial charge in [-0.3, -0.25) is 24.6 Å². The van der Waals surface area contributed by atoms with Gasteiger partial charge in [0.05, 0.1) is 16.5 Å². The van der Waals surface area contributed by atoms with Crippen molar-refractivity contribution in [3.05, 3.63) is 111 Å². The largest absolute Gasteiger partial charge is 0.507 e. The number of aliphatic hydroxyl groups excluding tert-OH is 1. The Morgan fingerprint density at radius 2 is 1.68 bits per heavy atom. The van der Waals surface area contributed by atoms with Crippen molar-refractivity contribution >= 4 is 28.8 Å². The lowest BCUT2D eigenvalue weighted by Crippen LogP contribution is -2.29. The summed E-state index contributed by atoms with van der Waals surface area (Å²) in [6.45, 7) is 1.85. The number of nitro groups is 1. The number of hydrogen-bond donors (Lipinski definition) is 1. The van der Waals surface area contributed by atoms with E-state index in [1.54, 1.807) is 54.6 Å². The molecule has 31 heavy (non-hydrogen) atoms. The number of rotatable bonds is 4. The third-order valence-corrected chi connectivity index (χ3v) is 5.17. The van der Waals surface area contributed by atoms with Gasteiger partial charge in [-0.1, -0.05) is 54.6 Å². The minimum Gasteiger partial charge on any atom is -0.507 e. The first-order valence-electron chi connectivity index (χ1n) is 9.56. The molecule has 3 aromatic carbocycles. The molecule has 154 valence electrons. The Morgan fingerprint density at radius 1 is 0.968 bits per heavy atom. The number of benzene rings is 3. The number of anilines is 1. The molecule has 7 nitrogen and oxygen atoms in total. The van der Waals surface area contributed by atoms with E-state index in [-0.39, 0.29) is 17.0 Å². The van der Waals surface area contributed by atoms with Gasteiger partial charge in [0, 0.05) is 23.4 Å². The van der Waals surface area contributed by atoms with E-state index >= 15 is 0 Å². The van der Waals surface area contributed by atoms with Gasteiger partial charge in [0.15, 0.2) is 0 Å². The topological polar surface area (TPSA) is 101 Å². The number of nitro benzene ring substituents is 1. The summed E-state index contributed by atoms with van der Waals surface area (Å²) >= 11 is 0. The molecule has 1 aliphatic heterocycles. The molecule has 0 saturated carbocycles.